The molecule has 1 aromatic heterocycles. The molecule has 1 saturated heterocycles. The van der Waals surface area contributed by atoms with Crippen LogP contribution in [0.1, 0.15) is 23.5 Å². The standard InChI is InChI=1S/C15H24N4OS.3ClH/c1-12-17-14(11-21-12)10-18-4-6-19(7-5-18)15(20)9-16-8-13-2-3-13;;;/h11,13,16H,2-10H2,1H3;3*1H. The molecule has 1 saturated carbocycles. The number of nitrogens with one attached hydrogen (secondary N) is 1. The summed E-state index contributed by atoms with van der Waals surface area (Å²) in [6, 6.07) is 0. The number of hydrogen-bond acceptors (Lipinski definition) is 5. The molecule has 140 valence electrons. The minimum Gasteiger partial charge on any atom is -0.339 e. The lowest BCUT2D eigenvalue weighted by Gasteiger charge is -2.34. The van der Waals surface area contributed by atoms with Crippen molar-refractivity contribution in [2.75, 3.05) is 39.3 Å². The average Bonchev–Trinajstić information content (AvgIpc) is 3.21. The summed E-state index contributed by atoms with van der Waals surface area (Å²) in [4.78, 5) is 21.0. The summed E-state index contributed by atoms with van der Waals surface area (Å²) in [5.41, 5.74) is 1.16. The van der Waals surface area contributed by atoms with Crippen molar-refractivity contribution in [1.82, 2.24) is 20.1 Å². The van der Waals surface area contributed by atoms with E-state index >= 15 is 0 Å². The third-order valence-electron chi connectivity index (χ3n) is 4.18. The van der Waals surface area contributed by atoms with Crippen LogP contribution in [0.4, 0.5) is 0 Å². The molecule has 24 heavy (non-hydrogen) atoms. The zero-order chi connectivity index (χ0) is 14.7. The van der Waals surface area contributed by atoms with Crippen molar-refractivity contribution in [2.45, 2.75) is 26.3 Å². The van der Waals surface area contributed by atoms with E-state index in [-0.39, 0.29) is 43.1 Å². The van der Waals surface area contributed by atoms with Gasteiger partial charge in [0, 0.05) is 38.1 Å². The third kappa shape index (κ3) is 7.42. The van der Waals surface area contributed by atoms with Crippen LogP contribution >= 0.6 is 48.6 Å². The Balaban J connectivity index is 0.00000176. The van der Waals surface area contributed by atoms with Crippen LogP contribution in [0.5, 0.6) is 0 Å². The first-order valence-electron chi connectivity index (χ1n) is 7.82. The lowest BCUT2D eigenvalue weighted by atomic mass is 10.3. The molecule has 2 fully saturated rings. The van der Waals surface area contributed by atoms with E-state index in [2.05, 4.69) is 20.6 Å². The first-order chi connectivity index (χ1) is 10.2. The third-order valence-corrected chi connectivity index (χ3v) is 5.01. The number of piperazine rings is 1. The van der Waals surface area contributed by atoms with E-state index in [1.165, 1.54) is 12.8 Å². The molecule has 3 rings (SSSR count). The van der Waals surface area contributed by atoms with E-state index in [4.69, 9.17) is 0 Å². The molecule has 1 aliphatic carbocycles. The number of aromatic nitrogens is 1. The van der Waals surface area contributed by atoms with Gasteiger partial charge in [-0.05, 0) is 32.2 Å². The average molecular weight is 418 g/mol. The summed E-state index contributed by atoms with van der Waals surface area (Å²) >= 11 is 1.70. The Morgan fingerprint density at radius 2 is 1.92 bits per heavy atom. The maximum atomic E-state index is 12.1. The molecule has 1 aromatic rings. The van der Waals surface area contributed by atoms with Crippen molar-refractivity contribution in [3.8, 4) is 0 Å². The van der Waals surface area contributed by atoms with E-state index in [0.29, 0.717) is 6.54 Å². The van der Waals surface area contributed by atoms with Crippen molar-refractivity contribution in [3.05, 3.63) is 16.1 Å². The number of rotatable bonds is 6. The Hall–Kier alpha value is -0.110. The van der Waals surface area contributed by atoms with Crippen LogP contribution in [0.25, 0.3) is 0 Å². The molecule has 0 atom stereocenters. The van der Waals surface area contributed by atoms with Crippen molar-refractivity contribution in [1.29, 1.82) is 0 Å². The van der Waals surface area contributed by atoms with E-state index in [1.54, 1.807) is 11.3 Å². The molecule has 1 amide bonds. The van der Waals surface area contributed by atoms with Gasteiger partial charge in [0.2, 0.25) is 5.91 Å². The Morgan fingerprint density at radius 3 is 2.46 bits per heavy atom. The molecule has 1 aliphatic heterocycles. The minimum absolute atomic E-state index is 0. The predicted octanol–water partition coefficient (Wildman–Crippen LogP) is 2.36. The summed E-state index contributed by atoms with van der Waals surface area (Å²) in [6.45, 7) is 8.04. The van der Waals surface area contributed by atoms with E-state index in [1.807, 2.05) is 11.8 Å². The van der Waals surface area contributed by atoms with Gasteiger partial charge < -0.3 is 10.2 Å². The van der Waals surface area contributed by atoms with Crippen molar-refractivity contribution >= 4 is 54.5 Å². The normalized spacial score (nSPS) is 17.5. The number of hydrogen-bond donors (Lipinski definition) is 1. The van der Waals surface area contributed by atoms with Gasteiger partial charge in [0.25, 0.3) is 0 Å². The molecule has 5 nitrogen and oxygen atoms in total. The molecule has 0 aromatic carbocycles. The highest BCUT2D eigenvalue weighted by Gasteiger charge is 2.23. The smallest absolute Gasteiger partial charge is 0.236 e. The number of nitrogens with zero attached hydrogens (tertiary/aromatic N) is 3. The fraction of sp³-hybridized carbons (Fsp3) is 0.733. The fourth-order valence-electron chi connectivity index (χ4n) is 2.68. The van der Waals surface area contributed by atoms with Crippen LogP contribution < -0.4 is 5.32 Å². The van der Waals surface area contributed by atoms with Crippen LogP contribution in [0.15, 0.2) is 5.38 Å². The zero-order valence-electron chi connectivity index (χ0n) is 13.9. The van der Waals surface area contributed by atoms with E-state index in [9.17, 15) is 4.79 Å². The maximum absolute atomic E-state index is 12.1. The zero-order valence-corrected chi connectivity index (χ0v) is 17.2. The number of amides is 1. The largest absolute Gasteiger partial charge is 0.339 e. The van der Waals surface area contributed by atoms with Gasteiger partial charge in [-0.1, -0.05) is 0 Å². The van der Waals surface area contributed by atoms with Crippen LogP contribution in [0, 0.1) is 12.8 Å². The molecule has 9 heteroatoms. The van der Waals surface area contributed by atoms with Crippen LogP contribution in [0.2, 0.25) is 0 Å². The molecule has 0 spiro atoms. The summed E-state index contributed by atoms with van der Waals surface area (Å²) in [6.07, 6.45) is 2.66. The molecule has 0 unspecified atom stereocenters. The van der Waals surface area contributed by atoms with Gasteiger partial charge in [-0.3, -0.25) is 9.69 Å². The first kappa shape index (κ1) is 23.9. The summed E-state index contributed by atoms with van der Waals surface area (Å²) < 4.78 is 0. The molecule has 1 N–H and O–H groups in total. The monoisotopic (exact) mass is 416 g/mol. The minimum atomic E-state index is 0. The van der Waals surface area contributed by atoms with Gasteiger partial charge in [-0.25, -0.2) is 4.98 Å². The van der Waals surface area contributed by atoms with Crippen LogP contribution in [0.3, 0.4) is 0 Å². The Morgan fingerprint density at radius 1 is 1.25 bits per heavy atom. The maximum Gasteiger partial charge on any atom is 0.236 e. The number of halogens is 3. The van der Waals surface area contributed by atoms with Gasteiger partial charge in [-0.2, -0.15) is 0 Å². The lowest BCUT2D eigenvalue weighted by Crippen LogP contribution is -2.50. The second-order valence-electron chi connectivity index (χ2n) is 6.09. The Kier molecular flexibility index (Phi) is 11.4. The topological polar surface area (TPSA) is 48.5 Å². The number of carbonyl (C=O) groups excluding carboxylic acids is 1. The lowest BCUT2D eigenvalue weighted by molar-refractivity contribution is -0.132. The van der Waals surface area contributed by atoms with E-state index in [0.717, 1.165) is 55.9 Å². The highest BCUT2D eigenvalue weighted by Crippen LogP contribution is 2.27. The number of aryl methyl sites for hydroxylation is 1. The summed E-state index contributed by atoms with van der Waals surface area (Å²) in [5.74, 6) is 1.08. The second kappa shape index (κ2) is 11.5. The van der Waals surface area contributed by atoms with Gasteiger partial charge in [0.05, 0.1) is 17.2 Å². The molecular weight excluding hydrogens is 391 g/mol. The van der Waals surface area contributed by atoms with Crippen LogP contribution in [-0.2, 0) is 11.3 Å². The predicted molar refractivity (Wildman–Crippen MR) is 106 cm³/mol. The SMILES string of the molecule is Cc1nc(CN2CCN(C(=O)CNCC3CC3)CC2)cs1.Cl.Cl.Cl. The fourth-order valence-corrected chi connectivity index (χ4v) is 3.29. The highest BCUT2D eigenvalue weighted by molar-refractivity contribution is 7.09. The van der Waals surface area contributed by atoms with Crippen molar-refractivity contribution in [2.24, 2.45) is 5.92 Å². The highest BCUT2D eigenvalue weighted by atomic mass is 35.5. The number of carbonyl (C=O) groups is 1. The summed E-state index contributed by atoms with van der Waals surface area (Å²) in [5, 5.41) is 6.54. The molecule has 2 heterocycles. The van der Waals surface area contributed by atoms with Gasteiger partial charge in [0.1, 0.15) is 0 Å². The van der Waals surface area contributed by atoms with Gasteiger partial charge in [-0.15, -0.1) is 48.6 Å². The van der Waals surface area contributed by atoms with Crippen molar-refractivity contribution in [3.63, 3.8) is 0 Å². The van der Waals surface area contributed by atoms with Gasteiger partial charge in [0.15, 0.2) is 0 Å². The molecule has 0 bridgehead atoms. The molecule has 0 radical (unpaired) electrons. The number of thiazole rings is 1. The second-order valence-corrected chi connectivity index (χ2v) is 7.15. The molecular formula is C15H27Cl3N4OS. The Labute approximate surface area is 166 Å². The first-order valence-corrected chi connectivity index (χ1v) is 8.70. The quantitative estimate of drug-likeness (QED) is 0.772. The van der Waals surface area contributed by atoms with Gasteiger partial charge >= 0.3 is 0 Å². The van der Waals surface area contributed by atoms with Crippen LogP contribution in [-0.4, -0.2) is 60.0 Å². The summed E-state index contributed by atoms with van der Waals surface area (Å²) in [7, 11) is 0. The van der Waals surface area contributed by atoms with E-state index < -0.39 is 0 Å². The van der Waals surface area contributed by atoms with Crippen molar-refractivity contribution < 1.29 is 4.79 Å². The Bertz CT molecular complexity index is 491. The molecule has 2 aliphatic rings.